The molecule has 5 nitrogen and oxygen atoms in total. The van der Waals surface area contributed by atoms with Gasteiger partial charge in [0.05, 0.1) is 11.0 Å². The van der Waals surface area contributed by atoms with Crippen LogP contribution in [0, 0.1) is 6.92 Å². The van der Waals surface area contributed by atoms with Crippen molar-refractivity contribution in [3.63, 3.8) is 0 Å². The highest BCUT2D eigenvalue weighted by atomic mass is 32.2. The van der Waals surface area contributed by atoms with Crippen molar-refractivity contribution in [1.82, 2.24) is 15.3 Å². The number of carbonyl (C=O) groups is 1. The Balaban J connectivity index is 1.93. The third-order valence-corrected chi connectivity index (χ3v) is 3.67. The number of aryl methyl sites for hydroxylation is 1. The van der Waals surface area contributed by atoms with E-state index in [1.807, 2.05) is 31.4 Å². The van der Waals surface area contributed by atoms with Gasteiger partial charge in [-0.05, 0) is 43.0 Å². The second-order valence-corrected chi connectivity index (χ2v) is 5.67. The zero-order valence-electron chi connectivity index (χ0n) is 11.6. The summed E-state index contributed by atoms with van der Waals surface area (Å²) in [6, 6.07) is 5.81. The van der Waals surface area contributed by atoms with Crippen molar-refractivity contribution < 1.29 is 9.90 Å². The second-order valence-electron chi connectivity index (χ2n) is 4.69. The lowest BCUT2D eigenvalue weighted by Crippen LogP contribution is -2.34. The van der Waals surface area contributed by atoms with E-state index in [-0.39, 0.29) is 5.91 Å². The van der Waals surface area contributed by atoms with Crippen molar-refractivity contribution >= 4 is 28.7 Å². The summed E-state index contributed by atoms with van der Waals surface area (Å²) in [4.78, 5) is 19.2. The molecule has 1 heterocycles. The van der Waals surface area contributed by atoms with Crippen molar-refractivity contribution in [3.8, 4) is 0 Å². The molecule has 2 rings (SSSR count). The maximum Gasteiger partial charge on any atom is 0.249 e. The number of aliphatic hydroxyl groups is 1. The van der Waals surface area contributed by atoms with Gasteiger partial charge in [-0.2, -0.15) is 11.8 Å². The van der Waals surface area contributed by atoms with Gasteiger partial charge in [0, 0.05) is 6.54 Å². The molecule has 20 heavy (non-hydrogen) atoms. The van der Waals surface area contributed by atoms with Gasteiger partial charge in [0.25, 0.3) is 0 Å². The average Bonchev–Trinajstić information content (AvgIpc) is 2.81. The summed E-state index contributed by atoms with van der Waals surface area (Å²) < 4.78 is 0. The zero-order valence-corrected chi connectivity index (χ0v) is 12.5. The van der Waals surface area contributed by atoms with Gasteiger partial charge >= 0.3 is 0 Å². The first-order valence-corrected chi connectivity index (χ1v) is 7.89. The van der Waals surface area contributed by atoms with E-state index < -0.39 is 6.10 Å². The third kappa shape index (κ3) is 3.74. The summed E-state index contributed by atoms with van der Waals surface area (Å²) in [5, 5.41) is 12.4. The van der Waals surface area contributed by atoms with E-state index in [1.165, 1.54) is 0 Å². The number of benzene rings is 1. The van der Waals surface area contributed by atoms with Crippen LogP contribution in [-0.2, 0) is 11.3 Å². The first kappa shape index (κ1) is 14.9. The number of rotatable bonds is 6. The van der Waals surface area contributed by atoms with Gasteiger partial charge in [0.2, 0.25) is 5.91 Å². The second kappa shape index (κ2) is 6.76. The molecule has 0 saturated carbocycles. The number of thioether (sulfide) groups is 1. The predicted octanol–water partition coefficient (Wildman–Crippen LogP) is 1.60. The minimum Gasteiger partial charge on any atom is -0.383 e. The fourth-order valence-electron chi connectivity index (χ4n) is 1.96. The SMILES string of the molecule is CSCC[C@@H](O)C(=O)NCc1ccc2nc(C)[nH]c2c1. The Labute approximate surface area is 122 Å². The Kier molecular flexibility index (Phi) is 5.03. The van der Waals surface area contributed by atoms with Crippen LogP contribution in [0.5, 0.6) is 0 Å². The lowest BCUT2D eigenvalue weighted by molar-refractivity contribution is -0.129. The molecular weight excluding hydrogens is 274 g/mol. The molecule has 0 unspecified atom stereocenters. The molecule has 1 amide bonds. The number of hydrogen-bond donors (Lipinski definition) is 3. The third-order valence-electron chi connectivity index (χ3n) is 3.03. The van der Waals surface area contributed by atoms with Gasteiger partial charge in [0.1, 0.15) is 11.9 Å². The van der Waals surface area contributed by atoms with Crippen LogP contribution in [0.1, 0.15) is 17.8 Å². The predicted molar refractivity (Wildman–Crippen MR) is 81.7 cm³/mol. The fraction of sp³-hybridized carbons (Fsp3) is 0.429. The molecule has 0 bridgehead atoms. The first-order chi connectivity index (χ1) is 9.60. The van der Waals surface area contributed by atoms with Gasteiger partial charge in [0.15, 0.2) is 0 Å². The van der Waals surface area contributed by atoms with Crippen LogP contribution in [0.4, 0.5) is 0 Å². The first-order valence-electron chi connectivity index (χ1n) is 6.50. The number of nitrogens with zero attached hydrogens (tertiary/aromatic N) is 1. The van der Waals surface area contributed by atoms with Crippen LogP contribution in [-0.4, -0.2) is 39.1 Å². The molecule has 0 radical (unpaired) electrons. The van der Waals surface area contributed by atoms with E-state index in [9.17, 15) is 9.90 Å². The molecule has 1 aromatic carbocycles. The number of amides is 1. The number of carbonyl (C=O) groups excluding carboxylic acids is 1. The average molecular weight is 293 g/mol. The van der Waals surface area contributed by atoms with Crippen molar-refractivity contribution in [3.05, 3.63) is 29.6 Å². The number of H-pyrrole nitrogens is 1. The Morgan fingerprint density at radius 1 is 1.55 bits per heavy atom. The molecule has 0 aliphatic carbocycles. The molecule has 1 atom stereocenters. The van der Waals surface area contributed by atoms with Gasteiger partial charge in [-0.15, -0.1) is 0 Å². The van der Waals surface area contributed by atoms with Crippen molar-refractivity contribution in [1.29, 1.82) is 0 Å². The van der Waals surface area contributed by atoms with Gasteiger partial charge in [-0.1, -0.05) is 6.07 Å². The number of aromatic amines is 1. The van der Waals surface area contributed by atoms with Crippen LogP contribution in [0.3, 0.4) is 0 Å². The Morgan fingerprint density at radius 3 is 3.10 bits per heavy atom. The van der Waals surface area contributed by atoms with Crippen LogP contribution in [0.2, 0.25) is 0 Å². The van der Waals surface area contributed by atoms with E-state index in [0.29, 0.717) is 13.0 Å². The normalized spacial score (nSPS) is 12.6. The highest BCUT2D eigenvalue weighted by molar-refractivity contribution is 7.98. The maximum absolute atomic E-state index is 11.7. The minimum absolute atomic E-state index is 0.320. The number of hydrogen-bond acceptors (Lipinski definition) is 4. The lowest BCUT2D eigenvalue weighted by atomic mass is 10.2. The maximum atomic E-state index is 11.7. The number of aliphatic hydroxyl groups excluding tert-OH is 1. The molecule has 0 spiro atoms. The number of aromatic nitrogens is 2. The molecule has 3 N–H and O–H groups in total. The molecule has 6 heteroatoms. The van der Waals surface area contributed by atoms with E-state index in [1.54, 1.807) is 11.8 Å². The number of fused-ring (bicyclic) bond motifs is 1. The van der Waals surface area contributed by atoms with Gasteiger partial charge in [-0.25, -0.2) is 4.98 Å². The van der Waals surface area contributed by atoms with Gasteiger partial charge in [-0.3, -0.25) is 4.79 Å². The fourth-order valence-corrected chi connectivity index (χ4v) is 2.42. The molecule has 0 aliphatic rings. The molecule has 108 valence electrons. The quantitative estimate of drug-likeness (QED) is 0.756. The standard InChI is InChI=1S/C14H19N3O2S/c1-9-16-11-4-3-10(7-12(11)17-9)8-15-14(19)13(18)5-6-20-2/h3-4,7,13,18H,5-6,8H2,1-2H3,(H,15,19)(H,16,17)/t13-/m1/s1. The minimum atomic E-state index is -0.930. The highest BCUT2D eigenvalue weighted by Crippen LogP contribution is 2.13. The summed E-state index contributed by atoms with van der Waals surface area (Å²) >= 11 is 1.61. The molecular formula is C14H19N3O2S. The number of imidazole rings is 1. The molecule has 2 aromatic rings. The van der Waals surface area contributed by atoms with Crippen LogP contribution >= 0.6 is 11.8 Å². The van der Waals surface area contributed by atoms with E-state index in [4.69, 9.17) is 0 Å². The molecule has 0 fully saturated rings. The van der Waals surface area contributed by atoms with Crippen molar-refractivity contribution in [2.75, 3.05) is 12.0 Å². The topological polar surface area (TPSA) is 78.0 Å². The van der Waals surface area contributed by atoms with E-state index in [0.717, 1.165) is 28.2 Å². The molecule has 0 saturated heterocycles. The Hall–Kier alpha value is -1.53. The summed E-state index contributed by atoms with van der Waals surface area (Å²) in [7, 11) is 0. The zero-order chi connectivity index (χ0) is 14.5. The van der Waals surface area contributed by atoms with Crippen LogP contribution in [0.15, 0.2) is 18.2 Å². The summed E-state index contributed by atoms with van der Waals surface area (Å²) in [6.45, 7) is 2.31. The summed E-state index contributed by atoms with van der Waals surface area (Å²) in [5.74, 6) is 1.32. The van der Waals surface area contributed by atoms with Gasteiger partial charge < -0.3 is 15.4 Å². The van der Waals surface area contributed by atoms with E-state index >= 15 is 0 Å². The van der Waals surface area contributed by atoms with E-state index in [2.05, 4.69) is 15.3 Å². The largest absolute Gasteiger partial charge is 0.383 e. The molecule has 0 aliphatic heterocycles. The van der Waals surface area contributed by atoms with Crippen LogP contribution < -0.4 is 5.32 Å². The smallest absolute Gasteiger partial charge is 0.249 e. The summed E-state index contributed by atoms with van der Waals surface area (Å²) in [5.41, 5.74) is 2.85. The van der Waals surface area contributed by atoms with Crippen molar-refractivity contribution in [2.45, 2.75) is 26.0 Å². The van der Waals surface area contributed by atoms with Crippen LogP contribution in [0.25, 0.3) is 11.0 Å². The highest BCUT2D eigenvalue weighted by Gasteiger charge is 2.13. The van der Waals surface area contributed by atoms with Crippen molar-refractivity contribution in [2.24, 2.45) is 0 Å². The Bertz CT molecular complexity index is 597. The summed E-state index contributed by atoms with van der Waals surface area (Å²) in [6.07, 6.45) is 1.50. The molecule has 1 aromatic heterocycles. The Morgan fingerprint density at radius 2 is 2.35 bits per heavy atom. The number of nitrogens with one attached hydrogen (secondary N) is 2. The monoisotopic (exact) mass is 293 g/mol. The lowest BCUT2D eigenvalue weighted by Gasteiger charge is -2.10.